The molecule has 4 heteroatoms. The molecule has 57 heavy (non-hydrogen) atoms. The summed E-state index contributed by atoms with van der Waals surface area (Å²) in [5, 5.41) is 12.6. The fourth-order valence-corrected chi connectivity index (χ4v) is 11.3. The van der Waals surface area contributed by atoms with Crippen LogP contribution in [0.2, 0.25) is 0 Å². The van der Waals surface area contributed by atoms with E-state index in [1.165, 1.54) is 94.9 Å². The normalized spacial score (nSPS) is 12.2. The Balaban J connectivity index is 0.966. The third kappa shape index (κ3) is 4.72. The first-order chi connectivity index (χ1) is 28.2. The minimum absolute atomic E-state index is 1.01. The molecule has 264 valence electrons. The average Bonchev–Trinajstić information content (AvgIpc) is 3.96. The Hall–Kier alpha value is -6.85. The van der Waals surface area contributed by atoms with E-state index in [9.17, 15) is 0 Å². The largest absolute Gasteiger partial charge is 0.291 e. The molecule has 4 aromatic heterocycles. The molecule has 0 fully saturated rings. The van der Waals surface area contributed by atoms with Gasteiger partial charge < -0.3 is 0 Å². The lowest BCUT2D eigenvalue weighted by atomic mass is 9.98. The monoisotopic (exact) mass is 758 g/mol. The molecule has 0 aliphatic carbocycles. The molecule has 0 unspecified atom stereocenters. The maximum Gasteiger partial charge on any atom is 0.156 e. The number of thiophene rings is 2. The second-order valence-electron chi connectivity index (χ2n) is 15.2. The summed E-state index contributed by atoms with van der Waals surface area (Å²) in [4.78, 5) is 5.53. The van der Waals surface area contributed by atoms with Crippen molar-refractivity contribution in [1.29, 1.82) is 0 Å². The van der Waals surface area contributed by atoms with Gasteiger partial charge in [-0.1, -0.05) is 127 Å². The van der Waals surface area contributed by atoms with E-state index in [1.807, 2.05) is 22.7 Å². The highest BCUT2D eigenvalue weighted by molar-refractivity contribution is 7.26. The predicted molar refractivity (Wildman–Crippen MR) is 247 cm³/mol. The summed E-state index contributed by atoms with van der Waals surface area (Å²) in [7, 11) is 0. The Morgan fingerprint density at radius 3 is 1.68 bits per heavy atom. The van der Waals surface area contributed by atoms with Gasteiger partial charge in [-0.3, -0.25) is 4.40 Å². The highest BCUT2D eigenvalue weighted by Crippen LogP contribution is 2.43. The summed E-state index contributed by atoms with van der Waals surface area (Å²) in [6, 6.07) is 67.2. The van der Waals surface area contributed by atoms with Gasteiger partial charge >= 0.3 is 0 Å². The molecule has 0 N–H and O–H groups in total. The maximum atomic E-state index is 5.53. The van der Waals surface area contributed by atoms with Gasteiger partial charge in [-0.05, 0) is 109 Å². The molecular weight excluding hydrogens is 729 g/mol. The molecule has 13 aromatic rings. The first kappa shape index (κ1) is 31.4. The van der Waals surface area contributed by atoms with Crippen molar-refractivity contribution in [3.8, 4) is 33.5 Å². The zero-order chi connectivity index (χ0) is 37.2. The van der Waals surface area contributed by atoms with Crippen LogP contribution in [0.15, 0.2) is 182 Å². The van der Waals surface area contributed by atoms with Gasteiger partial charge in [0, 0.05) is 41.0 Å². The molecule has 4 heterocycles. The fraction of sp³-hybridized carbons (Fsp3) is 0. The number of rotatable bonds is 3. The van der Waals surface area contributed by atoms with Gasteiger partial charge in [0.25, 0.3) is 0 Å². The van der Waals surface area contributed by atoms with Gasteiger partial charge in [0.05, 0.1) is 21.4 Å². The summed E-state index contributed by atoms with van der Waals surface area (Å²) >= 11 is 3.71. The van der Waals surface area contributed by atoms with Crippen molar-refractivity contribution in [2.75, 3.05) is 0 Å². The molecule has 0 spiro atoms. The van der Waals surface area contributed by atoms with Gasteiger partial charge in [-0.2, -0.15) is 0 Å². The van der Waals surface area contributed by atoms with E-state index in [2.05, 4.69) is 186 Å². The average molecular weight is 759 g/mol. The second kappa shape index (κ2) is 11.8. The Bertz CT molecular complexity index is 3790. The maximum absolute atomic E-state index is 5.53. The lowest BCUT2D eigenvalue weighted by Crippen LogP contribution is -1.93. The SMILES string of the molecule is c1ccc2cc3c(ccc4c3nc3c5sc6cc7ccccc7cc6c5cc(-c5ccc(-c6ccc(-c7ccc8sc9ccccc9c8c7)cc6)cc5)n43)cc2c1. The number of benzene rings is 9. The van der Waals surface area contributed by atoms with Crippen LogP contribution in [0, 0.1) is 0 Å². The van der Waals surface area contributed by atoms with Crippen molar-refractivity contribution >= 4 is 112 Å². The van der Waals surface area contributed by atoms with Crippen molar-refractivity contribution in [2.24, 2.45) is 0 Å². The van der Waals surface area contributed by atoms with Crippen LogP contribution in [-0.2, 0) is 0 Å². The van der Waals surface area contributed by atoms with Crippen LogP contribution in [0.1, 0.15) is 0 Å². The molecule has 0 atom stereocenters. The van der Waals surface area contributed by atoms with E-state index in [1.54, 1.807) is 0 Å². The number of aromatic nitrogens is 2. The fourth-order valence-electron chi connectivity index (χ4n) is 9.07. The molecule has 0 amide bonds. The Labute approximate surface area is 335 Å². The molecule has 0 saturated carbocycles. The summed E-state index contributed by atoms with van der Waals surface area (Å²) < 4.78 is 7.58. The van der Waals surface area contributed by atoms with E-state index in [-0.39, 0.29) is 0 Å². The highest BCUT2D eigenvalue weighted by Gasteiger charge is 2.20. The lowest BCUT2D eigenvalue weighted by molar-refractivity contribution is 1.25. The number of nitrogens with zero attached hydrogens (tertiary/aromatic N) is 2. The van der Waals surface area contributed by atoms with E-state index in [0.29, 0.717) is 0 Å². The minimum atomic E-state index is 1.01. The molecule has 0 aliphatic rings. The topological polar surface area (TPSA) is 17.3 Å². The molecular formula is C53H30N2S2. The zero-order valence-corrected chi connectivity index (χ0v) is 32.2. The highest BCUT2D eigenvalue weighted by atomic mass is 32.1. The van der Waals surface area contributed by atoms with Crippen LogP contribution in [0.4, 0.5) is 0 Å². The van der Waals surface area contributed by atoms with E-state index in [0.717, 1.165) is 27.9 Å². The van der Waals surface area contributed by atoms with Crippen LogP contribution in [0.5, 0.6) is 0 Å². The van der Waals surface area contributed by atoms with Crippen LogP contribution >= 0.6 is 22.7 Å². The van der Waals surface area contributed by atoms with Crippen molar-refractivity contribution < 1.29 is 0 Å². The molecule has 2 nitrogen and oxygen atoms in total. The van der Waals surface area contributed by atoms with Crippen LogP contribution in [0.25, 0.3) is 123 Å². The first-order valence-electron chi connectivity index (χ1n) is 19.3. The van der Waals surface area contributed by atoms with Gasteiger partial charge in [0.2, 0.25) is 0 Å². The third-order valence-corrected chi connectivity index (χ3v) is 14.3. The zero-order valence-electron chi connectivity index (χ0n) is 30.5. The number of fused-ring (bicyclic) bond motifs is 14. The van der Waals surface area contributed by atoms with E-state index >= 15 is 0 Å². The number of imidazole rings is 1. The Morgan fingerprint density at radius 2 is 0.930 bits per heavy atom. The van der Waals surface area contributed by atoms with Crippen molar-refractivity contribution in [3.63, 3.8) is 0 Å². The number of hydrogen-bond acceptors (Lipinski definition) is 3. The summed E-state index contributed by atoms with van der Waals surface area (Å²) in [5.74, 6) is 0. The Morgan fingerprint density at radius 1 is 0.351 bits per heavy atom. The smallest absolute Gasteiger partial charge is 0.156 e. The van der Waals surface area contributed by atoms with Gasteiger partial charge in [-0.15, -0.1) is 22.7 Å². The minimum Gasteiger partial charge on any atom is -0.291 e. The van der Waals surface area contributed by atoms with Crippen molar-refractivity contribution in [1.82, 2.24) is 9.38 Å². The molecule has 13 rings (SSSR count). The van der Waals surface area contributed by atoms with Gasteiger partial charge in [0.15, 0.2) is 5.65 Å². The van der Waals surface area contributed by atoms with E-state index < -0.39 is 0 Å². The Kier molecular flexibility index (Phi) is 6.51. The first-order valence-corrected chi connectivity index (χ1v) is 21.0. The summed E-state index contributed by atoms with van der Waals surface area (Å²) in [5.41, 5.74) is 10.4. The van der Waals surface area contributed by atoms with E-state index in [4.69, 9.17) is 4.98 Å². The van der Waals surface area contributed by atoms with Crippen LogP contribution < -0.4 is 0 Å². The van der Waals surface area contributed by atoms with Gasteiger partial charge in [-0.25, -0.2) is 4.98 Å². The molecule has 0 bridgehead atoms. The molecule has 9 aromatic carbocycles. The summed E-state index contributed by atoms with van der Waals surface area (Å²) in [6.45, 7) is 0. The molecule has 0 saturated heterocycles. The molecule has 0 aliphatic heterocycles. The third-order valence-electron chi connectivity index (χ3n) is 11.9. The second-order valence-corrected chi connectivity index (χ2v) is 17.3. The number of hydrogen-bond donors (Lipinski definition) is 0. The van der Waals surface area contributed by atoms with Crippen molar-refractivity contribution in [2.45, 2.75) is 0 Å². The number of pyridine rings is 1. The van der Waals surface area contributed by atoms with Crippen molar-refractivity contribution in [3.05, 3.63) is 182 Å². The molecule has 0 radical (unpaired) electrons. The summed E-state index contributed by atoms with van der Waals surface area (Å²) in [6.07, 6.45) is 0. The van der Waals surface area contributed by atoms with Crippen LogP contribution in [-0.4, -0.2) is 9.38 Å². The van der Waals surface area contributed by atoms with Gasteiger partial charge in [0.1, 0.15) is 0 Å². The predicted octanol–water partition coefficient (Wildman–Crippen LogP) is 15.7. The lowest BCUT2D eigenvalue weighted by Gasteiger charge is -2.11. The quantitative estimate of drug-likeness (QED) is 0.164. The standard InChI is InChI=1S/C53H30N2S2/c1-2-8-36-26-42-40(25-35(36)7-1)21-23-46-51(42)54-53-52-45(44-27-37-9-3-4-10-38(37)29-50(44)57-52)30-47(55(46)53)34-19-17-32(18-20-34)31-13-15-33(16-14-31)39-22-24-49-43(28-39)41-11-5-6-12-48(41)56-49/h1-30H. The van der Waals surface area contributed by atoms with Crippen LogP contribution in [0.3, 0.4) is 0 Å².